The molecule has 1 amide bonds. The normalized spacial score (nSPS) is 16.9. The summed E-state index contributed by atoms with van der Waals surface area (Å²) in [5.41, 5.74) is 1.68. The molecule has 1 aliphatic heterocycles. The smallest absolute Gasteiger partial charge is 0.261 e. The van der Waals surface area contributed by atoms with Crippen LogP contribution in [0.2, 0.25) is 0 Å². The molecule has 1 aromatic heterocycles. The number of rotatable bonds is 7. The highest BCUT2D eigenvalue weighted by Gasteiger charge is 2.29. The van der Waals surface area contributed by atoms with E-state index in [9.17, 15) is 18.0 Å². The Morgan fingerprint density at radius 2 is 1.83 bits per heavy atom. The molecule has 0 radical (unpaired) electrons. The van der Waals surface area contributed by atoms with E-state index in [0.29, 0.717) is 47.5 Å². The van der Waals surface area contributed by atoms with Crippen LogP contribution in [0.15, 0.2) is 52.2 Å². The summed E-state index contributed by atoms with van der Waals surface area (Å²) in [4.78, 5) is 30.7. The first-order chi connectivity index (χ1) is 16.8. The molecular formula is C26H30N4O4S. The van der Waals surface area contributed by atoms with Gasteiger partial charge in [0.1, 0.15) is 5.82 Å². The number of aromatic nitrogens is 2. The fourth-order valence-electron chi connectivity index (χ4n) is 4.73. The first-order valence-corrected chi connectivity index (χ1v) is 13.7. The molecule has 2 aromatic carbocycles. The molecule has 1 saturated carbocycles. The Hall–Kier alpha value is -3.04. The largest absolute Gasteiger partial charge is 0.326 e. The maximum atomic E-state index is 13.2. The number of fused-ring (bicyclic) bond motifs is 1. The quantitative estimate of drug-likeness (QED) is 0.539. The number of hydrogen-bond acceptors (Lipinski definition) is 5. The summed E-state index contributed by atoms with van der Waals surface area (Å²) in [5, 5.41) is 3.43. The highest BCUT2D eigenvalue weighted by atomic mass is 32.2. The molecule has 0 spiro atoms. The number of anilines is 1. The number of para-hydroxylation sites is 1. The lowest BCUT2D eigenvalue weighted by atomic mass is 10.2. The number of benzene rings is 2. The van der Waals surface area contributed by atoms with Gasteiger partial charge in [0.05, 0.1) is 15.8 Å². The standard InChI is InChI=1S/C26H30N4O4S/c1-18-9-10-19(17-23(18)35(33,34)29-15-5-2-6-16-29)27-25(31)14-13-24-28-22-8-4-3-7-21(22)26(32)30(24)20-11-12-20/h3-4,7-10,17,20H,2,5-6,11-16H2,1H3,(H,27,31). The fourth-order valence-corrected chi connectivity index (χ4v) is 6.49. The number of carbonyl (C=O) groups is 1. The summed E-state index contributed by atoms with van der Waals surface area (Å²) in [6.45, 7) is 2.82. The van der Waals surface area contributed by atoms with Gasteiger partial charge in [-0.1, -0.05) is 24.6 Å². The third kappa shape index (κ3) is 4.88. The van der Waals surface area contributed by atoms with E-state index in [4.69, 9.17) is 0 Å². The molecule has 184 valence electrons. The van der Waals surface area contributed by atoms with Crippen LogP contribution >= 0.6 is 0 Å². The third-order valence-electron chi connectivity index (χ3n) is 6.77. The van der Waals surface area contributed by atoms with Crippen LogP contribution in [-0.2, 0) is 21.2 Å². The highest BCUT2D eigenvalue weighted by molar-refractivity contribution is 7.89. The minimum atomic E-state index is -3.61. The maximum Gasteiger partial charge on any atom is 0.261 e. The number of nitrogens with one attached hydrogen (secondary N) is 1. The van der Waals surface area contributed by atoms with Crippen molar-refractivity contribution in [2.45, 2.75) is 62.8 Å². The van der Waals surface area contributed by atoms with E-state index in [1.165, 1.54) is 4.31 Å². The Balaban J connectivity index is 1.33. The number of carbonyl (C=O) groups excluding carboxylic acids is 1. The summed E-state index contributed by atoms with van der Waals surface area (Å²) in [6, 6.07) is 12.4. The van der Waals surface area contributed by atoms with Crippen molar-refractivity contribution in [3.05, 3.63) is 64.2 Å². The molecule has 1 aliphatic carbocycles. The highest BCUT2D eigenvalue weighted by Crippen LogP contribution is 2.35. The van der Waals surface area contributed by atoms with Gasteiger partial charge < -0.3 is 5.32 Å². The summed E-state index contributed by atoms with van der Waals surface area (Å²) in [5.74, 6) is 0.364. The number of piperidine rings is 1. The van der Waals surface area contributed by atoms with Crippen LogP contribution in [0.4, 0.5) is 5.69 Å². The first-order valence-electron chi connectivity index (χ1n) is 12.3. The molecule has 35 heavy (non-hydrogen) atoms. The van der Waals surface area contributed by atoms with E-state index in [-0.39, 0.29) is 28.8 Å². The van der Waals surface area contributed by atoms with E-state index >= 15 is 0 Å². The predicted molar refractivity (Wildman–Crippen MR) is 135 cm³/mol. The van der Waals surface area contributed by atoms with Gasteiger partial charge in [-0.3, -0.25) is 14.2 Å². The molecule has 9 heteroatoms. The molecule has 0 unspecified atom stereocenters. The molecule has 5 rings (SSSR count). The first kappa shape index (κ1) is 23.7. The molecule has 2 aliphatic rings. The lowest BCUT2D eigenvalue weighted by Gasteiger charge is -2.26. The minimum absolute atomic E-state index is 0.0559. The number of sulfonamides is 1. The van der Waals surface area contributed by atoms with Crippen molar-refractivity contribution in [1.29, 1.82) is 0 Å². The summed E-state index contributed by atoms with van der Waals surface area (Å²) >= 11 is 0. The van der Waals surface area contributed by atoms with Crippen molar-refractivity contribution in [2.75, 3.05) is 18.4 Å². The Morgan fingerprint density at radius 1 is 1.09 bits per heavy atom. The van der Waals surface area contributed by atoms with Gasteiger partial charge in [0.25, 0.3) is 5.56 Å². The Morgan fingerprint density at radius 3 is 2.57 bits per heavy atom. The topological polar surface area (TPSA) is 101 Å². The van der Waals surface area contributed by atoms with Crippen molar-refractivity contribution in [1.82, 2.24) is 13.9 Å². The number of aryl methyl sites for hydroxylation is 2. The van der Waals surface area contributed by atoms with E-state index in [2.05, 4.69) is 10.3 Å². The number of amides is 1. The van der Waals surface area contributed by atoms with Gasteiger partial charge in [-0.05, 0) is 62.4 Å². The van der Waals surface area contributed by atoms with Crippen molar-refractivity contribution in [3.8, 4) is 0 Å². The lowest BCUT2D eigenvalue weighted by Crippen LogP contribution is -2.36. The Labute approximate surface area is 205 Å². The zero-order valence-electron chi connectivity index (χ0n) is 19.9. The van der Waals surface area contributed by atoms with E-state index in [1.54, 1.807) is 35.8 Å². The fraction of sp³-hybridized carbons (Fsp3) is 0.423. The molecule has 2 fully saturated rings. The molecule has 2 heterocycles. The van der Waals surface area contributed by atoms with Gasteiger partial charge in [0.15, 0.2) is 0 Å². The van der Waals surface area contributed by atoms with Gasteiger partial charge in [0.2, 0.25) is 15.9 Å². The molecule has 1 N–H and O–H groups in total. The zero-order chi connectivity index (χ0) is 24.6. The monoisotopic (exact) mass is 494 g/mol. The minimum Gasteiger partial charge on any atom is -0.326 e. The molecule has 3 aromatic rings. The maximum absolute atomic E-state index is 13.2. The van der Waals surface area contributed by atoms with Crippen LogP contribution in [-0.4, -0.2) is 41.3 Å². The molecule has 0 bridgehead atoms. The van der Waals surface area contributed by atoms with Gasteiger partial charge in [-0.2, -0.15) is 4.31 Å². The van der Waals surface area contributed by atoms with Gasteiger partial charge in [-0.15, -0.1) is 0 Å². The van der Waals surface area contributed by atoms with E-state index in [0.717, 1.165) is 32.1 Å². The number of nitrogens with zero attached hydrogens (tertiary/aromatic N) is 3. The zero-order valence-corrected chi connectivity index (χ0v) is 20.7. The average Bonchev–Trinajstić information content (AvgIpc) is 3.69. The molecule has 8 nitrogen and oxygen atoms in total. The van der Waals surface area contributed by atoms with E-state index < -0.39 is 10.0 Å². The third-order valence-corrected chi connectivity index (χ3v) is 8.81. The second-order valence-corrected chi connectivity index (χ2v) is 11.4. The molecule has 1 saturated heterocycles. The molecular weight excluding hydrogens is 464 g/mol. The summed E-state index contributed by atoms with van der Waals surface area (Å²) < 4.78 is 29.6. The van der Waals surface area contributed by atoms with Crippen molar-refractivity contribution in [3.63, 3.8) is 0 Å². The summed E-state index contributed by atoms with van der Waals surface area (Å²) in [7, 11) is -3.61. The van der Waals surface area contributed by atoms with Crippen molar-refractivity contribution < 1.29 is 13.2 Å². The van der Waals surface area contributed by atoms with Crippen LogP contribution in [0.3, 0.4) is 0 Å². The van der Waals surface area contributed by atoms with Crippen LogP contribution in [0, 0.1) is 6.92 Å². The van der Waals surface area contributed by atoms with Crippen LogP contribution in [0.1, 0.15) is 56.0 Å². The number of hydrogen-bond donors (Lipinski definition) is 1. The predicted octanol–water partition coefficient (Wildman–Crippen LogP) is 3.79. The van der Waals surface area contributed by atoms with Crippen LogP contribution in [0.25, 0.3) is 10.9 Å². The SMILES string of the molecule is Cc1ccc(NC(=O)CCc2nc3ccccc3c(=O)n2C2CC2)cc1S(=O)(=O)N1CCCCC1. The van der Waals surface area contributed by atoms with Crippen LogP contribution in [0.5, 0.6) is 0 Å². The average molecular weight is 495 g/mol. The van der Waals surface area contributed by atoms with Crippen molar-refractivity contribution in [2.24, 2.45) is 0 Å². The van der Waals surface area contributed by atoms with Gasteiger partial charge in [0, 0.05) is 37.7 Å². The van der Waals surface area contributed by atoms with Crippen LogP contribution < -0.4 is 10.9 Å². The lowest BCUT2D eigenvalue weighted by molar-refractivity contribution is -0.116. The van der Waals surface area contributed by atoms with Crippen molar-refractivity contribution >= 4 is 32.5 Å². The summed E-state index contributed by atoms with van der Waals surface area (Å²) in [6.07, 6.45) is 5.12. The van der Waals surface area contributed by atoms with E-state index in [1.807, 2.05) is 18.2 Å². The molecule has 0 atom stereocenters. The van der Waals surface area contributed by atoms with Gasteiger partial charge >= 0.3 is 0 Å². The second kappa shape index (κ2) is 9.54. The Bertz CT molecular complexity index is 1440. The second-order valence-electron chi connectivity index (χ2n) is 9.44. The Kier molecular flexibility index (Phi) is 6.46. The van der Waals surface area contributed by atoms with Gasteiger partial charge in [-0.25, -0.2) is 13.4 Å².